The molecule has 0 aromatic heterocycles. The van der Waals surface area contributed by atoms with Gasteiger partial charge in [0, 0.05) is 10.7 Å². The fourth-order valence-corrected chi connectivity index (χ4v) is 3.08. The molecule has 2 rings (SSSR count). The van der Waals surface area contributed by atoms with Crippen molar-refractivity contribution in [2.24, 2.45) is 17.3 Å². The van der Waals surface area contributed by atoms with Crippen LogP contribution in [0.3, 0.4) is 0 Å². The van der Waals surface area contributed by atoms with E-state index >= 15 is 0 Å². The van der Waals surface area contributed by atoms with Gasteiger partial charge in [0.15, 0.2) is 5.11 Å². The molecule has 0 bridgehead atoms. The summed E-state index contributed by atoms with van der Waals surface area (Å²) in [5.41, 5.74) is 2.01. The lowest BCUT2D eigenvalue weighted by atomic mass is 10.1. The standard InChI is InChI=1S/C17H21ClN2OS/c1-10(2)9-13-14(17(13,3)4)15(21)20-16(22)19-12-7-5-11(18)6-8-12/h5-9,13-14H,1-4H3,(H2,19,20,21,22). The molecule has 5 heteroatoms. The predicted octanol–water partition coefficient (Wildman–Crippen LogP) is 4.39. The van der Waals surface area contributed by atoms with Crippen LogP contribution in [-0.4, -0.2) is 11.0 Å². The summed E-state index contributed by atoms with van der Waals surface area (Å²) in [6, 6.07) is 7.16. The number of hydrogen-bond donors (Lipinski definition) is 2. The molecule has 22 heavy (non-hydrogen) atoms. The molecule has 1 fully saturated rings. The Kier molecular flexibility index (Phi) is 4.93. The number of allylic oxidation sites excluding steroid dienone is 2. The summed E-state index contributed by atoms with van der Waals surface area (Å²) in [6.45, 7) is 8.32. The second kappa shape index (κ2) is 6.39. The van der Waals surface area contributed by atoms with Crippen molar-refractivity contribution in [3.8, 4) is 0 Å². The Morgan fingerprint density at radius 1 is 1.27 bits per heavy atom. The molecule has 2 unspecified atom stereocenters. The summed E-state index contributed by atoms with van der Waals surface area (Å²) in [5, 5.41) is 6.74. The maximum atomic E-state index is 12.4. The third kappa shape index (κ3) is 3.87. The molecule has 2 atom stereocenters. The average molecular weight is 337 g/mol. The molecule has 0 heterocycles. The minimum absolute atomic E-state index is 0.0166. The number of benzene rings is 1. The van der Waals surface area contributed by atoms with Crippen LogP contribution in [0, 0.1) is 17.3 Å². The van der Waals surface area contributed by atoms with Gasteiger partial charge in [0.05, 0.1) is 5.92 Å². The Balaban J connectivity index is 1.93. The first kappa shape index (κ1) is 17.0. The van der Waals surface area contributed by atoms with Gasteiger partial charge in [-0.1, -0.05) is 37.1 Å². The van der Waals surface area contributed by atoms with Gasteiger partial charge in [-0.2, -0.15) is 0 Å². The molecule has 118 valence electrons. The minimum Gasteiger partial charge on any atom is -0.332 e. The van der Waals surface area contributed by atoms with Gasteiger partial charge < -0.3 is 10.6 Å². The number of halogens is 1. The van der Waals surface area contributed by atoms with E-state index in [0.29, 0.717) is 10.1 Å². The number of carbonyl (C=O) groups excluding carboxylic acids is 1. The average Bonchev–Trinajstić information content (AvgIpc) is 2.92. The summed E-state index contributed by atoms with van der Waals surface area (Å²) in [5.74, 6) is 0.210. The maximum absolute atomic E-state index is 12.4. The van der Waals surface area contributed by atoms with Crippen molar-refractivity contribution in [3.05, 3.63) is 40.9 Å². The highest BCUT2D eigenvalue weighted by Crippen LogP contribution is 2.59. The molecular formula is C17H21ClN2OS. The molecule has 1 aliphatic carbocycles. The fraction of sp³-hybridized carbons (Fsp3) is 0.412. The Morgan fingerprint density at radius 2 is 1.86 bits per heavy atom. The lowest BCUT2D eigenvalue weighted by Crippen LogP contribution is -2.36. The molecule has 0 spiro atoms. The normalized spacial score (nSPS) is 21.7. The molecule has 0 radical (unpaired) electrons. The van der Waals surface area contributed by atoms with Crippen LogP contribution >= 0.6 is 23.8 Å². The van der Waals surface area contributed by atoms with E-state index in [1.807, 2.05) is 12.1 Å². The zero-order valence-corrected chi connectivity index (χ0v) is 14.8. The van der Waals surface area contributed by atoms with E-state index in [1.54, 1.807) is 12.1 Å². The van der Waals surface area contributed by atoms with Crippen LogP contribution in [0.5, 0.6) is 0 Å². The zero-order valence-electron chi connectivity index (χ0n) is 13.2. The van der Waals surface area contributed by atoms with Gasteiger partial charge in [-0.05, 0) is 61.7 Å². The Hall–Kier alpha value is -1.39. The fourth-order valence-electron chi connectivity index (χ4n) is 2.73. The lowest BCUT2D eigenvalue weighted by molar-refractivity contribution is -0.121. The van der Waals surface area contributed by atoms with Crippen molar-refractivity contribution in [2.75, 3.05) is 5.32 Å². The maximum Gasteiger partial charge on any atom is 0.230 e. The highest BCUT2D eigenvalue weighted by Gasteiger charge is 2.60. The highest BCUT2D eigenvalue weighted by molar-refractivity contribution is 7.80. The molecule has 3 nitrogen and oxygen atoms in total. The first-order valence-electron chi connectivity index (χ1n) is 7.24. The van der Waals surface area contributed by atoms with Crippen LogP contribution in [0.25, 0.3) is 0 Å². The summed E-state index contributed by atoms with van der Waals surface area (Å²) < 4.78 is 0. The van der Waals surface area contributed by atoms with Gasteiger partial charge >= 0.3 is 0 Å². The van der Waals surface area contributed by atoms with Gasteiger partial charge in [-0.25, -0.2) is 0 Å². The number of hydrogen-bond acceptors (Lipinski definition) is 2. The minimum atomic E-state index is -0.0348. The monoisotopic (exact) mass is 336 g/mol. The van der Waals surface area contributed by atoms with Crippen LogP contribution in [0.1, 0.15) is 27.7 Å². The van der Waals surface area contributed by atoms with Gasteiger partial charge in [0.2, 0.25) is 5.91 Å². The number of nitrogens with one attached hydrogen (secondary N) is 2. The van der Waals surface area contributed by atoms with E-state index in [9.17, 15) is 4.79 Å². The molecule has 1 aliphatic rings. The van der Waals surface area contributed by atoms with Crippen LogP contribution in [0.15, 0.2) is 35.9 Å². The van der Waals surface area contributed by atoms with Crippen LogP contribution < -0.4 is 10.6 Å². The molecule has 2 N–H and O–H groups in total. The molecule has 1 amide bonds. The van der Waals surface area contributed by atoms with Crippen molar-refractivity contribution in [1.82, 2.24) is 5.32 Å². The number of rotatable bonds is 3. The summed E-state index contributed by atoms with van der Waals surface area (Å²) >= 11 is 11.0. The van der Waals surface area contributed by atoms with Gasteiger partial charge in [0.1, 0.15) is 0 Å². The van der Waals surface area contributed by atoms with Crippen molar-refractivity contribution in [2.45, 2.75) is 27.7 Å². The van der Waals surface area contributed by atoms with E-state index in [1.165, 1.54) is 5.57 Å². The number of anilines is 1. The first-order valence-corrected chi connectivity index (χ1v) is 8.03. The van der Waals surface area contributed by atoms with Crippen LogP contribution in [-0.2, 0) is 4.79 Å². The van der Waals surface area contributed by atoms with Gasteiger partial charge in [0.25, 0.3) is 0 Å². The highest BCUT2D eigenvalue weighted by atomic mass is 35.5. The van der Waals surface area contributed by atoms with Gasteiger partial charge in [-0.15, -0.1) is 0 Å². The molecular weight excluding hydrogens is 316 g/mol. The Bertz CT molecular complexity index is 618. The molecule has 1 aromatic carbocycles. The van der Waals surface area contributed by atoms with Crippen LogP contribution in [0.2, 0.25) is 5.02 Å². The van der Waals surface area contributed by atoms with E-state index in [4.69, 9.17) is 23.8 Å². The number of thiocarbonyl (C=S) groups is 1. The molecule has 1 saturated carbocycles. The largest absolute Gasteiger partial charge is 0.332 e. The van der Waals surface area contributed by atoms with Crippen molar-refractivity contribution >= 4 is 40.5 Å². The zero-order chi connectivity index (χ0) is 16.5. The van der Waals surface area contributed by atoms with Gasteiger partial charge in [-0.3, -0.25) is 4.79 Å². The predicted molar refractivity (Wildman–Crippen MR) is 96.0 cm³/mol. The molecule has 0 saturated heterocycles. The van der Waals surface area contributed by atoms with Crippen molar-refractivity contribution in [1.29, 1.82) is 0 Å². The summed E-state index contributed by atoms with van der Waals surface area (Å²) in [4.78, 5) is 12.4. The quantitative estimate of drug-likeness (QED) is 0.635. The smallest absolute Gasteiger partial charge is 0.230 e. The third-order valence-corrected chi connectivity index (χ3v) is 4.50. The van der Waals surface area contributed by atoms with Crippen LogP contribution in [0.4, 0.5) is 5.69 Å². The molecule has 0 aliphatic heterocycles. The third-order valence-electron chi connectivity index (χ3n) is 4.04. The SMILES string of the molecule is CC(C)=CC1C(C(=O)NC(=S)Nc2ccc(Cl)cc2)C1(C)C. The summed E-state index contributed by atoms with van der Waals surface area (Å²) in [7, 11) is 0. The number of carbonyl (C=O) groups is 1. The topological polar surface area (TPSA) is 41.1 Å². The lowest BCUT2D eigenvalue weighted by Gasteiger charge is -2.10. The van der Waals surface area contributed by atoms with Crippen molar-refractivity contribution < 1.29 is 4.79 Å². The van der Waals surface area contributed by atoms with E-state index < -0.39 is 0 Å². The van der Waals surface area contributed by atoms with E-state index in [0.717, 1.165) is 5.69 Å². The Morgan fingerprint density at radius 3 is 2.41 bits per heavy atom. The first-order chi connectivity index (χ1) is 10.2. The molecule has 1 aromatic rings. The summed E-state index contributed by atoms with van der Waals surface area (Å²) in [6.07, 6.45) is 2.17. The number of amides is 1. The van der Waals surface area contributed by atoms with E-state index in [-0.39, 0.29) is 23.2 Å². The van der Waals surface area contributed by atoms with Crippen molar-refractivity contribution in [3.63, 3.8) is 0 Å². The second-order valence-electron chi connectivity index (χ2n) is 6.52. The van der Waals surface area contributed by atoms with E-state index in [2.05, 4.69) is 44.4 Å². The Labute approximate surface area is 142 Å². The second-order valence-corrected chi connectivity index (χ2v) is 7.36.